The fourth-order valence-electron chi connectivity index (χ4n) is 4.21. The molecule has 6 heteroatoms. The quantitative estimate of drug-likeness (QED) is 0.377. The highest BCUT2D eigenvalue weighted by molar-refractivity contribution is 5.96. The van der Waals surface area contributed by atoms with E-state index in [1.807, 2.05) is 50.2 Å². The largest absolute Gasteiger partial charge is 0.494 e. The molecular formula is C27H31N3O3. The molecule has 0 spiro atoms. The number of unbranched alkanes of at least 4 members (excludes halogenated alkanes) is 1. The Labute approximate surface area is 195 Å². The van der Waals surface area contributed by atoms with Crippen molar-refractivity contribution in [2.75, 3.05) is 11.9 Å². The Kier molecular flexibility index (Phi) is 6.88. The van der Waals surface area contributed by atoms with Gasteiger partial charge in [0.2, 0.25) is 0 Å². The number of hydrogen-bond acceptors (Lipinski definition) is 4. The smallest absolute Gasteiger partial charge is 0.411 e. The lowest BCUT2D eigenvalue weighted by Gasteiger charge is -2.30. The topological polar surface area (TPSA) is 76.3 Å². The number of rotatable bonds is 8. The number of nitrogens with zero attached hydrogens (tertiary/aromatic N) is 2. The zero-order valence-electron chi connectivity index (χ0n) is 19.6. The summed E-state index contributed by atoms with van der Waals surface area (Å²) in [5, 5.41) is 13.8. The first-order chi connectivity index (χ1) is 16.0. The zero-order valence-corrected chi connectivity index (χ0v) is 19.6. The number of aromatic nitrogens is 1. The molecule has 1 aliphatic rings. The third-order valence-corrected chi connectivity index (χ3v) is 6.04. The fourth-order valence-corrected chi connectivity index (χ4v) is 4.21. The molecule has 1 saturated carbocycles. The number of carbonyl (C=O) groups excluding carboxylic acids is 1. The predicted octanol–water partition coefficient (Wildman–Crippen LogP) is 7.04. The Morgan fingerprint density at radius 1 is 1.21 bits per heavy atom. The molecule has 0 atom stereocenters. The average molecular weight is 446 g/mol. The lowest BCUT2D eigenvalue weighted by molar-refractivity contribution is 0.130. The number of nitrogens with one attached hydrogen (secondary N) is 1. The Morgan fingerprint density at radius 2 is 1.97 bits per heavy atom. The van der Waals surface area contributed by atoms with E-state index < -0.39 is 6.09 Å². The maximum absolute atomic E-state index is 11.9. The summed E-state index contributed by atoms with van der Waals surface area (Å²) < 4.78 is 13.4. The van der Waals surface area contributed by atoms with E-state index in [-0.39, 0.29) is 6.10 Å². The van der Waals surface area contributed by atoms with Gasteiger partial charge < -0.3 is 14.0 Å². The second-order valence-corrected chi connectivity index (χ2v) is 8.83. The standard InChI is InChI=1S/C27H31N3O3/c1-4-5-15-32-22-13-14-23-24(17-28)26(30(25(23)16-22)21-7-6-8-21)19-9-11-20(12-10-19)29-27(31)33-18(2)3/h9-14,16,18,21H,4-8,15H2,1-3H3,(H,29,31). The Bertz CT molecular complexity index is 1170. The summed E-state index contributed by atoms with van der Waals surface area (Å²) in [6.07, 6.45) is 4.84. The van der Waals surface area contributed by atoms with Crippen LogP contribution in [-0.2, 0) is 4.74 Å². The molecule has 0 bridgehead atoms. The van der Waals surface area contributed by atoms with Gasteiger partial charge in [-0.2, -0.15) is 5.26 Å². The number of carbonyl (C=O) groups is 1. The van der Waals surface area contributed by atoms with Gasteiger partial charge in [0.05, 0.1) is 29.5 Å². The lowest BCUT2D eigenvalue weighted by atomic mass is 9.92. The zero-order chi connectivity index (χ0) is 23.4. The van der Waals surface area contributed by atoms with Crippen molar-refractivity contribution in [1.29, 1.82) is 5.26 Å². The molecular weight excluding hydrogens is 414 g/mol. The monoisotopic (exact) mass is 445 g/mol. The lowest BCUT2D eigenvalue weighted by Crippen LogP contribution is -2.18. The average Bonchev–Trinajstić information content (AvgIpc) is 3.06. The van der Waals surface area contributed by atoms with Crippen molar-refractivity contribution in [3.05, 3.63) is 48.0 Å². The van der Waals surface area contributed by atoms with Crippen molar-refractivity contribution in [3.8, 4) is 23.1 Å². The van der Waals surface area contributed by atoms with E-state index >= 15 is 0 Å². The number of anilines is 1. The first-order valence-corrected chi connectivity index (χ1v) is 11.8. The van der Waals surface area contributed by atoms with Gasteiger partial charge in [-0.25, -0.2) is 4.79 Å². The SMILES string of the molecule is CCCCOc1ccc2c(C#N)c(-c3ccc(NC(=O)OC(C)C)cc3)n(C3CCC3)c2c1. The van der Waals surface area contributed by atoms with E-state index in [9.17, 15) is 10.1 Å². The van der Waals surface area contributed by atoms with Crippen LogP contribution in [0.3, 0.4) is 0 Å². The number of benzene rings is 2. The number of fused-ring (bicyclic) bond motifs is 1. The normalized spacial score (nSPS) is 13.5. The first kappa shape index (κ1) is 22.7. The van der Waals surface area contributed by atoms with Gasteiger partial charge in [0.1, 0.15) is 11.8 Å². The summed E-state index contributed by atoms with van der Waals surface area (Å²) in [5.41, 5.74) is 4.26. The highest BCUT2D eigenvalue weighted by atomic mass is 16.6. The van der Waals surface area contributed by atoms with Gasteiger partial charge in [0.15, 0.2) is 0 Å². The van der Waals surface area contributed by atoms with Crippen LogP contribution in [-0.4, -0.2) is 23.4 Å². The first-order valence-electron chi connectivity index (χ1n) is 11.8. The van der Waals surface area contributed by atoms with Crippen molar-refractivity contribution < 1.29 is 14.3 Å². The van der Waals surface area contributed by atoms with Crippen molar-refractivity contribution in [3.63, 3.8) is 0 Å². The number of ether oxygens (including phenoxy) is 2. The molecule has 33 heavy (non-hydrogen) atoms. The molecule has 1 heterocycles. The number of amides is 1. The summed E-state index contributed by atoms with van der Waals surface area (Å²) in [4.78, 5) is 11.9. The molecule has 172 valence electrons. The highest BCUT2D eigenvalue weighted by Gasteiger charge is 2.28. The molecule has 0 radical (unpaired) electrons. The summed E-state index contributed by atoms with van der Waals surface area (Å²) in [6, 6.07) is 16.5. The summed E-state index contributed by atoms with van der Waals surface area (Å²) in [7, 11) is 0. The van der Waals surface area contributed by atoms with Crippen LogP contribution in [0, 0.1) is 11.3 Å². The molecule has 2 aromatic carbocycles. The van der Waals surface area contributed by atoms with Crippen LogP contribution in [0.4, 0.5) is 10.5 Å². The third kappa shape index (κ3) is 4.83. The van der Waals surface area contributed by atoms with E-state index in [1.165, 1.54) is 6.42 Å². The molecule has 1 amide bonds. The van der Waals surface area contributed by atoms with Crippen LogP contribution in [0.25, 0.3) is 22.2 Å². The maximum atomic E-state index is 11.9. The Balaban J connectivity index is 1.73. The second kappa shape index (κ2) is 9.99. The molecule has 3 aromatic rings. The van der Waals surface area contributed by atoms with Crippen LogP contribution in [0.2, 0.25) is 0 Å². The number of hydrogen-bond donors (Lipinski definition) is 1. The minimum atomic E-state index is -0.477. The van der Waals surface area contributed by atoms with Crippen LogP contribution >= 0.6 is 0 Å². The Morgan fingerprint density at radius 3 is 2.58 bits per heavy atom. The molecule has 0 aliphatic heterocycles. The highest BCUT2D eigenvalue weighted by Crippen LogP contribution is 2.43. The van der Waals surface area contributed by atoms with Gasteiger partial charge in [-0.1, -0.05) is 25.5 Å². The summed E-state index contributed by atoms with van der Waals surface area (Å²) in [6.45, 7) is 6.46. The van der Waals surface area contributed by atoms with Crippen LogP contribution in [0.5, 0.6) is 5.75 Å². The molecule has 0 saturated heterocycles. The van der Waals surface area contributed by atoms with Crippen molar-refractivity contribution >= 4 is 22.7 Å². The summed E-state index contributed by atoms with van der Waals surface area (Å²) >= 11 is 0. The van der Waals surface area contributed by atoms with Gasteiger partial charge in [-0.05, 0) is 69.4 Å². The molecule has 1 fully saturated rings. The van der Waals surface area contributed by atoms with Gasteiger partial charge in [-0.15, -0.1) is 0 Å². The molecule has 0 unspecified atom stereocenters. The third-order valence-electron chi connectivity index (χ3n) is 6.04. The second-order valence-electron chi connectivity index (χ2n) is 8.83. The maximum Gasteiger partial charge on any atom is 0.411 e. The van der Waals surface area contributed by atoms with Gasteiger partial charge >= 0.3 is 6.09 Å². The van der Waals surface area contributed by atoms with Gasteiger partial charge in [0, 0.05) is 23.2 Å². The number of nitriles is 1. The van der Waals surface area contributed by atoms with E-state index in [2.05, 4.69) is 28.9 Å². The van der Waals surface area contributed by atoms with Gasteiger partial charge in [-0.3, -0.25) is 5.32 Å². The molecule has 4 rings (SSSR count). The minimum absolute atomic E-state index is 0.184. The van der Waals surface area contributed by atoms with E-state index in [0.717, 1.165) is 53.6 Å². The van der Waals surface area contributed by atoms with E-state index in [0.29, 0.717) is 23.9 Å². The Hall–Kier alpha value is -3.46. The van der Waals surface area contributed by atoms with Crippen LogP contribution in [0.1, 0.15) is 64.5 Å². The molecule has 1 aromatic heterocycles. The van der Waals surface area contributed by atoms with E-state index in [1.54, 1.807) is 0 Å². The molecule has 1 aliphatic carbocycles. The molecule has 6 nitrogen and oxygen atoms in total. The van der Waals surface area contributed by atoms with Crippen LogP contribution < -0.4 is 10.1 Å². The fraction of sp³-hybridized carbons (Fsp3) is 0.407. The van der Waals surface area contributed by atoms with E-state index in [4.69, 9.17) is 9.47 Å². The van der Waals surface area contributed by atoms with Crippen molar-refractivity contribution in [1.82, 2.24) is 4.57 Å². The van der Waals surface area contributed by atoms with Gasteiger partial charge in [0.25, 0.3) is 0 Å². The minimum Gasteiger partial charge on any atom is -0.494 e. The molecule has 1 N–H and O–H groups in total. The van der Waals surface area contributed by atoms with Crippen LogP contribution in [0.15, 0.2) is 42.5 Å². The van der Waals surface area contributed by atoms with Crippen molar-refractivity contribution in [2.24, 2.45) is 0 Å². The van der Waals surface area contributed by atoms with Crippen molar-refractivity contribution in [2.45, 2.75) is 65.0 Å². The predicted molar refractivity (Wildman–Crippen MR) is 131 cm³/mol. The summed E-state index contributed by atoms with van der Waals surface area (Å²) in [5.74, 6) is 0.841.